The summed E-state index contributed by atoms with van der Waals surface area (Å²) in [5.41, 5.74) is 0.424. The van der Waals surface area contributed by atoms with E-state index in [-0.39, 0.29) is 21.9 Å². The second kappa shape index (κ2) is 8.98. The van der Waals surface area contributed by atoms with E-state index in [1.165, 1.54) is 16.4 Å². The number of nitrogens with zero attached hydrogens (tertiary/aromatic N) is 1. The minimum atomic E-state index is -3.69. The Morgan fingerprint density at radius 1 is 1.36 bits per heavy atom. The molecule has 1 atom stereocenters. The molecule has 0 bridgehead atoms. The molecule has 8 heteroatoms. The molecule has 6 nitrogen and oxygen atoms in total. The van der Waals surface area contributed by atoms with Gasteiger partial charge in [-0.15, -0.1) is 0 Å². The molecule has 0 saturated carbocycles. The van der Waals surface area contributed by atoms with E-state index < -0.39 is 10.0 Å². The fourth-order valence-corrected chi connectivity index (χ4v) is 4.83. The van der Waals surface area contributed by atoms with Gasteiger partial charge in [-0.3, -0.25) is 4.79 Å². The summed E-state index contributed by atoms with van der Waals surface area (Å²) in [5.74, 6) is -0.163. The molecule has 1 fully saturated rings. The zero-order chi connectivity index (χ0) is 18.4. The summed E-state index contributed by atoms with van der Waals surface area (Å²) >= 11 is 6.09. The maximum absolute atomic E-state index is 12.7. The van der Waals surface area contributed by atoms with Crippen molar-refractivity contribution in [3.8, 4) is 0 Å². The van der Waals surface area contributed by atoms with Crippen LogP contribution in [-0.2, 0) is 19.6 Å². The van der Waals surface area contributed by atoms with Crippen molar-refractivity contribution < 1.29 is 17.9 Å². The van der Waals surface area contributed by atoms with Crippen molar-refractivity contribution in [1.29, 1.82) is 0 Å². The first kappa shape index (κ1) is 20.2. The molecule has 0 radical (unpaired) electrons. The molecular formula is C17H25ClN2O4S. The standard InChI is InChI=1S/C17H25ClN2O4S/c1-3-20(4-2)25(22,23)16-12-13(7-9-15(16)18)19-17(21)10-8-14-6-5-11-24-14/h7,9,12,14H,3-6,8,10-11H2,1-2H3,(H,19,21). The Morgan fingerprint density at radius 2 is 2.08 bits per heavy atom. The largest absolute Gasteiger partial charge is 0.378 e. The van der Waals surface area contributed by atoms with Crippen LogP contribution < -0.4 is 5.32 Å². The van der Waals surface area contributed by atoms with Gasteiger partial charge in [0.2, 0.25) is 15.9 Å². The second-order valence-electron chi connectivity index (χ2n) is 5.96. The highest BCUT2D eigenvalue weighted by atomic mass is 35.5. The lowest BCUT2D eigenvalue weighted by atomic mass is 10.1. The van der Waals surface area contributed by atoms with E-state index >= 15 is 0 Å². The molecule has 1 N–H and O–H groups in total. The first-order valence-corrected chi connectivity index (χ1v) is 10.4. The molecule has 0 aliphatic carbocycles. The molecule has 2 rings (SSSR count). The Kier molecular flexibility index (Phi) is 7.25. The smallest absolute Gasteiger partial charge is 0.244 e. The SMILES string of the molecule is CCN(CC)S(=O)(=O)c1cc(NC(=O)CCC2CCCO2)ccc1Cl. The second-order valence-corrected chi connectivity index (χ2v) is 8.27. The van der Waals surface area contributed by atoms with Crippen LogP contribution in [0.15, 0.2) is 23.1 Å². The number of halogens is 1. The first-order chi connectivity index (χ1) is 11.9. The number of amides is 1. The molecule has 0 aromatic heterocycles. The van der Waals surface area contributed by atoms with E-state index in [0.717, 1.165) is 19.4 Å². The monoisotopic (exact) mass is 388 g/mol. The number of hydrogen-bond donors (Lipinski definition) is 1. The average molecular weight is 389 g/mol. The van der Waals surface area contributed by atoms with Gasteiger partial charge in [0.1, 0.15) is 4.90 Å². The topological polar surface area (TPSA) is 75.7 Å². The van der Waals surface area contributed by atoms with Gasteiger partial charge in [-0.05, 0) is 37.5 Å². The summed E-state index contributed by atoms with van der Waals surface area (Å²) in [6.45, 7) is 5.01. The Hall–Kier alpha value is -1.15. The average Bonchev–Trinajstić information content (AvgIpc) is 3.09. The van der Waals surface area contributed by atoms with Crippen LogP contribution in [0, 0.1) is 0 Å². The van der Waals surface area contributed by atoms with Crippen LogP contribution in [0.2, 0.25) is 5.02 Å². The molecule has 140 valence electrons. The van der Waals surface area contributed by atoms with E-state index in [9.17, 15) is 13.2 Å². The quantitative estimate of drug-likeness (QED) is 0.741. The predicted molar refractivity (Wildman–Crippen MR) is 98.4 cm³/mol. The molecule has 0 spiro atoms. The lowest BCUT2D eigenvalue weighted by Crippen LogP contribution is -2.30. The van der Waals surface area contributed by atoms with Gasteiger partial charge in [0.25, 0.3) is 0 Å². The number of rotatable bonds is 8. The molecular weight excluding hydrogens is 364 g/mol. The van der Waals surface area contributed by atoms with Crippen molar-refractivity contribution in [2.24, 2.45) is 0 Å². The molecule has 1 aliphatic heterocycles. The van der Waals surface area contributed by atoms with Crippen molar-refractivity contribution in [3.63, 3.8) is 0 Å². The summed E-state index contributed by atoms with van der Waals surface area (Å²) in [7, 11) is -3.69. The van der Waals surface area contributed by atoms with Crippen LogP contribution in [0.5, 0.6) is 0 Å². The van der Waals surface area contributed by atoms with Gasteiger partial charge < -0.3 is 10.1 Å². The fourth-order valence-electron chi connectivity index (χ4n) is 2.87. The number of benzene rings is 1. The minimum Gasteiger partial charge on any atom is -0.378 e. The number of carbonyl (C=O) groups excluding carboxylic acids is 1. The van der Waals surface area contributed by atoms with E-state index in [1.54, 1.807) is 19.9 Å². The molecule has 1 saturated heterocycles. The van der Waals surface area contributed by atoms with Gasteiger partial charge >= 0.3 is 0 Å². The minimum absolute atomic E-state index is 0.00907. The van der Waals surface area contributed by atoms with E-state index in [2.05, 4.69) is 5.32 Å². The highest BCUT2D eigenvalue weighted by molar-refractivity contribution is 7.89. The Balaban J connectivity index is 2.08. The molecule has 1 aromatic carbocycles. The Morgan fingerprint density at radius 3 is 2.68 bits per heavy atom. The van der Waals surface area contributed by atoms with Crippen LogP contribution in [0.25, 0.3) is 0 Å². The summed E-state index contributed by atoms with van der Waals surface area (Å²) < 4.78 is 32.2. The Bertz CT molecular complexity index is 699. The van der Waals surface area contributed by atoms with Gasteiger partial charge in [-0.1, -0.05) is 25.4 Å². The van der Waals surface area contributed by atoms with Crippen LogP contribution in [0.1, 0.15) is 39.5 Å². The molecule has 1 aromatic rings. The summed E-state index contributed by atoms with van der Waals surface area (Å²) in [6.07, 6.45) is 3.18. The zero-order valence-corrected chi connectivity index (χ0v) is 16.2. The van der Waals surface area contributed by atoms with E-state index in [0.29, 0.717) is 31.6 Å². The first-order valence-electron chi connectivity index (χ1n) is 8.59. The van der Waals surface area contributed by atoms with Crippen molar-refractivity contribution in [1.82, 2.24) is 4.31 Å². The van der Waals surface area contributed by atoms with E-state index in [4.69, 9.17) is 16.3 Å². The van der Waals surface area contributed by atoms with Gasteiger partial charge in [0, 0.05) is 31.8 Å². The highest BCUT2D eigenvalue weighted by Gasteiger charge is 2.25. The highest BCUT2D eigenvalue weighted by Crippen LogP contribution is 2.28. The van der Waals surface area contributed by atoms with Crippen molar-refractivity contribution >= 4 is 33.2 Å². The van der Waals surface area contributed by atoms with Gasteiger partial charge in [-0.25, -0.2) is 8.42 Å². The number of anilines is 1. The van der Waals surface area contributed by atoms with Gasteiger partial charge in [0.15, 0.2) is 0 Å². The van der Waals surface area contributed by atoms with Crippen molar-refractivity contribution in [3.05, 3.63) is 23.2 Å². The van der Waals surface area contributed by atoms with Crippen LogP contribution in [0.4, 0.5) is 5.69 Å². The molecule has 1 aliphatic rings. The number of nitrogens with one attached hydrogen (secondary N) is 1. The lowest BCUT2D eigenvalue weighted by Gasteiger charge is -2.19. The summed E-state index contributed by atoms with van der Waals surface area (Å²) in [5, 5.41) is 2.89. The van der Waals surface area contributed by atoms with Crippen LogP contribution in [0.3, 0.4) is 0 Å². The summed E-state index contributed by atoms with van der Waals surface area (Å²) in [4.78, 5) is 12.1. The maximum atomic E-state index is 12.7. The summed E-state index contributed by atoms with van der Waals surface area (Å²) in [6, 6.07) is 4.52. The molecule has 1 heterocycles. The maximum Gasteiger partial charge on any atom is 0.244 e. The molecule has 1 unspecified atom stereocenters. The third-order valence-corrected chi connectivity index (χ3v) is 6.79. The third-order valence-electron chi connectivity index (χ3n) is 4.26. The van der Waals surface area contributed by atoms with Crippen molar-refractivity contribution in [2.45, 2.75) is 50.5 Å². The lowest BCUT2D eigenvalue weighted by molar-refractivity contribution is -0.116. The van der Waals surface area contributed by atoms with E-state index in [1.807, 2.05) is 0 Å². The number of carbonyl (C=O) groups is 1. The number of hydrogen-bond acceptors (Lipinski definition) is 4. The number of sulfonamides is 1. The van der Waals surface area contributed by atoms with Crippen LogP contribution >= 0.6 is 11.6 Å². The molecule has 1 amide bonds. The van der Waals surface area contributed by atoms with Gasteiger partial charge in [0.05, 0.1) is 11.1 Å². The number of ether oxygens (including phenoxy) is 1. The molecule has 25 heavy (non-hydrogen) atoms. The van der Waals surface area contributed by atoms with Gasteiger partial charge in [-0.2, -0.15) is 4.31 Å². The normalized spacial score (nSPS) is 17.8. The third kappa shape index (κ3) is 5.17. The van der Waals surface area contributed by atoms with Crippen molar-refractivity contribution in [2.75, 3.05) is 25.0 Å². The zero-order valence-electron chi connectivity index (χ0n) is 14.6. The fraction of sp³-hybridized carbons (Fsp3) is 0.588. The van der Waals surface area contributed by atoms with Crippen LogP contribution in [-0.4, -0.2) is 44.4 Å². The Labute approximate surface area is 154 Å². The predicted octanol–water partition coefficient (Wildman–Crippen LogP) is 3.27.